The molecular weight excluding hydrogens is 298 g/mol. The van der Waals surface area contributed by atoms with Crippen LogP contribution in [0.1, 0.15) is 19.4 Å². The van der Waals surface area contributed by atoms with E-state index >= 15 is 0 Å². The molecule has 4 heteroatoms. The molecule has 2 aromatic rings. The van der Waals surface area contributed by atoms with Gasteiger partial charge in [-0.2, -0.15) is 0 Å². The molecule has 0 radical (unpaired) electrons. The molecule has 0 saturated heterocycles. The molecule has 0 unspecified atom stereocenters. The number of halogens is 1. The van der Waals surface area contributed by atoms with Gasteiger partial charge in [0.1, 0.15) is 5.75 Å². The minimum atomic E-state index is -0.198. The quantitative estimate of drug-likeness (QED) is 0.806. The molecule has 2 rings (SSSR count). The lowest BCUT2D eigenvalue weighted by molar-refractivity contribution is -0.111. The number of ether oxygens (including phenoxy) is 1. The van der Waals surface area contributed by atoms with E-state index in [-0.39, 0.29) is 12.0 Å². The summed E-state index contributed by atoms with van der Waals surface area (Å²) in [6.07, 6.45) is 3.31. The van der Waals surface area contributed by atoms with Crippen LogP contribution >= 0.6 is 11.6 Å². The summed E-state index contributed by atoms with van der Waals surface area (Å²) in [6, 6.07) is 14.6. The van der Waals surface area contributed by atoms with Crippen molar-refractivity contribution in [3.05, 3.63) is 65.2 Å². The number of nitrogens with one attached hydrogen (secondary N) is 1. The molecule has 3 nitrogen and oxygen atoms in total. The highest BCUT2D eigenvalue weighted by Crippen LogP contribution is 2.18. The van der Waals surface area contributed by atoms with Crippen molar-refractivity contribution >= 4 is 29.3 Å². The molecule has 0 aromatic heterocycles. The number of amides is 1. The van der Waals surface area contributed by atoms with Crippen LogP contribution in [0.25, 0.3) is 6.08 Å². The van der Waals surface area contributed by atoms with Crippen LogP contribution in [0.5, 0.6) is 5.75 Å². The molecule has 0 aliphatic rings. The van der Waals surface area contributed by atoms with Crippen LogP contribution in [-0.4, -0.2) is 12.0 Å². The number of carbonyl (C=O) groups is 1. The average molecular weight is 316 g/mol. The standard InChI is InChI=1S/C18H18ClNO2/c1-13(2)22-17-5-3-4-16(12-17)20-18(21)11-8-14-6-9-15(19)10-7-14/h3-13H,1-2H3,(H,20,21)/b11-8+. The van der Waals surface area contributed by atoms with Crippen molar-refractivity contribution in [1.29, 1.82) is 0 Å². The summed E-state index contributed by atoms with van der Waals surface area (Å²) in [5, 5.41) is 3.48. The van der Waals surface area contributed by atoms with E-state index in [0.717, 1.165) is 11.3 Å². The summed E-state index contributed by atoms with van der Waals surface area (Å²) in [6.45, 7) is 3.92. The molecule has 0 spiro atoms. The SMILES string of the molecule is CC(C)Oc1cccc(NC(=O)/C=C/c2ccc(Cl)cc2)c1. The van der Waals surface area contributed by atoms with Crippen LogP contribution in [0.15, 0.2) is 54.6 Å². The first-order valence-corrected chi connectivity index (χ1v) is 7.42. The van der Waals surface area contributed by atoms with Crippen LogP contribution in [0.3, 0.4) is 0 Å². The molecule has 2 aromatic carbocycles. The Kier molecular flexibility index (Phi) is 5.61. The van der Waals surface area contributed by atoms with Gasteiger partial charge in [0, 0.05) is 22.9 Å². The van der Waals surface area contributed by atoms with Crippen LogP contribution in [0.2, 0.25) is 5.02 Å². The lowest BCUT2D eigenvalue weighted by Gasteiger charge is -2.10. The largest absolute Gasteiger partial charge is 0.491 e. The highest BCUT2D eigenvalue weighted by Gasteiger charge is 2.01. The van der Waals surface area contributed by atoms with E-state index in [1.54, 1.807) is 24.3 Å². The van der Waals surface area contributed by atoms with E-state index in [9.17, 15) is 4.79 Å². The van der Waals surface area contributed by atoms with Crippen molar-refractivity contribution < 1.29 is 9.53 Å². The van der Waals surface area contributed by atoms with E-state index in [0.29, 0.717) is 10.7 Å². The van der Waals surface area contributed by atoms with Gasteiger partial charge in [0.05, 0.1) is 6.10 Å². The van der Waals surface area contributed by atoms with E-state index < -0.39 is 0 Å². The van der Waals surface area contributed by atoms with E-state index in [4.69, 9.17) is 16.3 Å². The summed E-state index contributed by atoms with van der Waals surface area (Å²) in [4.78, 5) is 11.9. The average Bonchev–Trinajstić information content (AvgIpc) is 2.46. The fourth-order valence-electron chi connectivity index (χ4n) is 1.85. The fourth-order valence-corrected chi connectivity index (χ4v) is 1.98. The molecule has 1 amide bonds. The van der Waals surface area contributed by atoms with Crippen molar-refractivity contribution in [2.45, 2.75) is 20.0 Å². The lowest BCUT2D eigenvalue weighted by Crippen LogP contribution is -2.09. The van der Waals surface area contributed by atoms with Gasteiger partial charge in [-0.1, -0.05) is 29.8 Å². The molecule has 0 bridgehead atoms. The van der Waals surface area contributed by atoms with Crippen molar-refractivity contribution in [2.24, 2.45) is 0 Å². The van der Waals surface area contributed by atoms with Gasteiger partial charge >= 0.3 is 0 Å². The second-order valence-electron chi connectivity index (χ2n) is 5.07. The molecule has 22 heavy (non-hydrogen) atoms. The second-order valence-corrected chi connectivity index (χ2v) is 5.51. The molecule has 0 saturated carbocycles. The highest BCUT2D eigenvalue weighted by molar-refractivity contribution is 6.30. The summed E-state index contributed by atoms with van der Waals surface area (Å²) in [5.41, 5.74) is 1.61. The fraction of sp³-hybridized carbons (Fsp3) is 0.167. The van der Waals surface area contributed by atoms with Gasteiger partial charge in [-0.15, -0.1) is 0 Å². The van der Waals surface area contributed by atoms with Crippen LogP contribution < -0.4 is 10.1 Å². The maximum absolute atomic E-state index is 11.9. The van der Waals surface area contributed by atoms with Gasteiger partial charge in [0.25, 0.3) is 0 Å². The van der Waals surface area contributed by atoms with Crippen LogP contribution in [0.4, 0.5) is 5.69 Å². The number of hydrogen-bond donors (Lipinski definition) is 1. The molecule has 114 valence electrons. The summed E-state index contributed by atoms with van der Waals surface area (Å²) in [5.74, 6) is 0.533. The molecule has 0 heterocycles. The van der Waals surface area contributed by atoms with Gasteiger partial charge in [-0.05, 0) is 49.8 Å². The Morgan fingerprint density at radius 1 is 1.18 bits per heavy atom. The number of carbonyl (C=O) groups excluding carboxylic acids is 1. The smallest absolute Gasteiger partial charge is 0.248 e. The van der Waals surface area contributed by atoms with Crippen molar-refractivity contribution in [1.82, 2.24) is 0 Å². The van der Waals surface area contributed by atoms with Crippen molar-refractivity contribution in [2.75, 3.05) is 5.32 Å². The van der Waals surface area contributed by atoms with Crippen molar-refractivity contribution in [3.8, 4) is 5.75 Å². The van der Waals surface area contributed by atoms with E-state index in [1.807, 2.05) is 44.2 Å². The number of anilines is 1. The number of hydrogen-bond acceptors (Lipinski definition) is 2. The Labute approximate surface area is 135 Å². The topological polar surface area (TPSA) is 38.3 Å². The first kappa shape index (κ1) is 16.1. The lowest BCUT2D eigenvalue weighted by atomic mass is 10.2. The van der Waals surface area contributed by atoms with Gasteiger partial charge in [0.15, 0.2) is 0 Å². The zero-order valence-electron chi connectivity index (χ0n) is 12.5. The molecular formula is C18H18ClNO2. The maximum Gasteiger partial charge on any atom is 0.248 e. The third-order valence-corrected chi connectivity index (χ3v) is 3.02. The predicted molar refractivity (Wildman–Crippen MR) is 91.3 cm³/mol. The maximum atomic E-state index is 11.9. The van der Waals surface area contributed by atoms with E-state index in [1.165, 1.54) is 6.08 Å². The summed E-state index contributed by atoms with van der Waals surface area (Å²) >= 11 is 5.82. The van der Waals surface area contributed by atoms with Gasteiger partial charge in [-0.3, -0.25) is 4.79 Å². The normalized spacial score (nSPS) is 10.9. The molecule has 0 aliphatic carbocycles. The molecule has 0 atom stereocenters. The van der Waals surface area contributed by atoms with Gasteiger partial charge < -0.3 is 10.1 Å². The first-order valence-electron chi connectivity index (χ1n) is 7.04. The molecule has 0 aliphatic heterocycles. The Morgan fingerprint density at radius 2 is 1.91 bits per heavy atom. The monoisotopic (exact) mass is 315 g/mol. The van der Waals surface area contributed by atoms with Gasteiger partial charge in [-0.25, -0.2) is 0 Å². The predicted octanol–water partition coefficient (Wildman–Crippen LogP) is 4.78. The van der Waals surface area contributed by atoms with E-state index in [2.05, 4.69) is 5.32 Å². The Balaban J connectivity index is 1.98. The van der Waals surface area contributed by atoms with Crippen LogP contribution in [-0.2, 0) is 4.79 Å². The first-order chi connectivity index (χ1) is 10.5. The molecule has 1 N–H and O–H groups in total. The van der Waals surface area contributed by atoms with Crippen molar-refractivity contribution in [3.63, 3.8) is 0 Å². The Bertz CT molecular complexity index is 663. The third-order valence-electron chi connectivity index (χ3n) is 2.77. The summed E-state index contributed by atoms with van der Waals surface area (Å²) < 4.78 is 5.60. The zero-order chi connectivity index (χ0) is 15.9. The van der Waals surface area contributed by atoms with Crippen LogP contribution in [0, 0.1) is 0 Å². The zero-order valence-corrected chi connectivity index (χ0v) is 13.3. The minimum absolute atomic E-state index is 0.0933. The third kappa shape index (κ3) is 5.26. The summed E-state index contributed by atoms with van der Waals surface area (Å²) in [7, 11) is 0. The number of benzene rings is 2. The second kappa shape index (κ2) is 7.66. The molecule has 0 fully saturated rings. The number of rotatable bonds is 5. The Morgan fingerprint density at radius 3 is 2.59 bits per heavy atom. The Hall–Kier alpha value is -2.26. The van der Waals surface area contributed by atoms with Gasteiger partial charge in [0.2, 0.25) is 5.91 Å². The minimum Gasteiger partial charge on any atom is -0.491 e. The highest BCUT2D eigenvalue weighted by atomic mass is 35.5.